The van der Waals surface area contributed by atoms with Gasteiger partial charge in [-0.3, -0.25) is 4.98 Å². The molecule has 1 aliphatic rings. The van der Waals surface area contributed by atoms with Crippen LogP contribution in [0.3, 0.4) is 0 Å². The zero-order chi connectivity index (χ0) is 21.0. The first-order valence-corrected chi connectivity index (χ1v) is 11.4. The maximum atomic E-state index is 13.2. The largest absolute Gasteiger partial charge is 0.382 e. The third-order valence-corrected chi connectivity index (χ3v) is 7.31. The molecule has 0 N–H and O–H groups in total. The summed E-state index contributed by atoms with van der Waals surface area (Å²) in [4.78, 5) is 10.7. The third-order valence-electron chi connectivity index (χ3n) is 4.60. The number of hydrogen-bond donors (Lipinski definition) is 0. The Balaban J connectivity index is 1.83. The van der Waals surface area contributed by atoms with Crippen LogP contribution in [-0.2, 0) is 26.0 Å². The van der Waals surface area contributed by atoms with E-state index in [0.29, 0.717) is 30.0 Å². The Morgan fingerprint density at radius 1 is 1.34 bits per heavy atom. The van der Waals surface area contributed by atoms with Crippen LogP contribution in [0.5, 0.6) is 0 Å². The fourth-order valence-electron chi connectivity index (χ4n) is 3.04. The highest BCUT2D eigenvalue weighted by Gasteiger charge is 2.33. The molecule has 0 aromatic carbocycles. The smallest absolute Gasteiger partial charge is 0.261 e. The third kappa shape index (κ3) is 5.32. The summed E-state index contributed by atoms with van der Waals surface area (Å²) in [7, 11) is -0.356. The number of rotatable bonds is 7. The Labute approximate surface area is 180 Å². The summed E-state index contributed by atoms with van der Waals surface area (Å²) in [5.41, 5.74) is 1.96. The van der Waals surface area contributed by atoms with Crippen molar-refractivity contribution in [2.45, 2.75) is 24.6 Å². The van der Waals surface area contributed by atoms with Gasteiger partial charge in [-0.15, -0.1) is 0 Å². The number of hydrogen-bond acceptors (Lipinski definition) is 7. The summed E-state index contributed by atoms with van der Waals surface area (Å²) in [6.07, 6.45) is 1.52. The maximum Gasteiger partial charge on any atom is 0.261 e. The first kappa shape index (κ1) is 22.1. The van der Waals surface area contributed by atoms with Crippen molar-refractivity contribution >= 4 is 31.8 Å². The number of nitrogens with zero attached hydrogens (tertiary/aromatic N) is 4. The lowest BCUT2D eigenvalue weighted by atomic mass is 10.2. The summed E-state index contributed by atoms with van der Waals surface area (Å²) in [5.74, 6) is 0.552. The molecule has 0 saturated carbocycles. The van der Waals surface area contributed by atoms with Gasteiger partial charge in [0.15, 0.2) is 5.03 Å². The van der Waals surface area contributed by atoms with E-state index < -0.39 is 10.0 Å². The lowest BCUT2D eigenvalue weighted by Crippen LogP contribution is -2.47. The van der Waals surface area contributed by atoms with Gasteiger partial charge in [0.2, 0.25) is 0 Å². The molecule has 29 heavy (non-hydrogen) atoms. The number of pyridine rings is 2. The second kappa shape index (κ2) is 9.48. The Morgan fingerprint density at radius 3 is 2.83 bits per heavy atom. The van der Waals surface area contributed by atoms with E-state index >= 15 is 0 Å². The van der Waals surface area contributed by atoms with Crippen LogP contribution in [0.15, 0.2) is 40.0 Å². The van der Waals surface area contributed by atoms with Crippen LogP contribution in [0.1, 0.15) is 11.3 Å². The predicted octanol–water partition coefficient (Wildman–Crippen LogP) is 2.22. The second-order valence-corrected chi connectivity index (χ2v) is 9.66. The van der Waals surface area contributed by atoms with E-state index in [1.165, 1.54) is 4.31 Å². The molecule has 1 atom stereocenters. The number of halogens is 1. The highest BCUT2D eigenvalue weighted by molar-refractivity contribution is 9.10. The van der Waals surface area contributed by atoms with Gasteiger partial charge in [-0.2, -0.15) is 4.31 Å². The Kier molecular flexibility index (Phi) is 7.23. The Bertz CT molecular complexity index is 938. The van der Waals surface area contributed by atoms with Crippen LogP contribution in [0.4, 0.5) is 5.82 Å². The molecule has 0 bridgehead atoms. The maximum absolute atomic E-state index is 13.2. The summed E-state index contributed by atoms with van der Waals surface area (Å²) in [5, 5.41) is -0.00298. The number of ether oxygens (including phenoxy) is 2. The minimum atomic E-state index is -3.78. The average Bonchev–Trinajstić information content (AvgIpc) is 2.70. The molecule has 158 valence electrons. The van der Waals surface area contributed by atoms with Gasteiger partial charge >= 0.3 is 0 Å². The van der Waals surface area contributed by atoms with Gasteiger partial charge in [-0.1, -0.05) is 6.07 Å². The van der Waals surface area contributed by atoms with E-state index in [0.717, 1.165) is 11.3 Å². The standard InChI is InChI=1S/C19H25BrN4O4S/c1-14-4-5-15(21-10-14)11-23(2)18-7-6-17(20)19(22-18)29(25,26)24-8-9-28-16(12-24)13-27-3/h4-7,10,16H,8-9,11-13H2,1-3H3/t16-/m1/s1. The minimum Gasteiger partial charge on any atom is -0.382 e. The molecule has 0 spiro atoms. The highest BCUT2D eigenvalue weighted by Crippen LogP contribution is 2.27. The number of aryl methyl sites for hydroxylation is 1. The number of methoxy groups -OCH3 is 1. The van der Waals surface area contributed by atoms with Gasteiger partial charge in [0.1, 0.15) is 5.82 Å². The SMILES string of the molecule is COC[C@H]1CN(S(=O)(=O)c2nc(N(C)Cc3ccc(C)cn3)ccc2Br)CCO1. The quantitative estimate of drug-likeness (QED) is 0.595. The van der Waals surface area contributed by atoms with Crippen molar-refractivity contribution in [2.24, 2.45) is 0 Å². The first-order chi connectivity index (χ1) is 13.8. The van der Waals surface area contributed by atoms with Crippen LogP contribution in [0.25, 0.3) is 0 Å². The van der Waals surface area contributed by atoms with Gasteiger partial charge in [0.05, 0.1) is 36.0 Å². The van der Waals surface area contributed by atoms with Gasteiger partial charge in [0.25, 0.3) is 10.0 Å². The molecule has 1 fully saturated rings. The van der Waals surface area contributed by atoms with Crippen molar-refractivity contribution in [3.63, 3.8) is 0 Å². The minimum absolute atomic E-state index is 0.00298. The zero-order valence-electron chi connectivity index (χ0n) is 16.7. The van der Waals surface area contributed by atoms with Crippen molar-refractivity contribution in [3.8, 4) is 0 Å². The van der Waals surface area contributed by atoms with Gasteiger partial charge in [-0.25, -0.2) is 13.4 Å². The highest BCUT2D eigenvalue weighted by atomic mass is 79.9. The molecule has 10 heteroatoms. The lowest BCUT2D eigenvalue weighted by molar-refractivity contribution is -0.0407. The monoisotopic (exact) mass is 484 g/mol. The molecular formula is C19H25BrN4O4S. The number of sulfonamides is 1. The molecule has 0 radical (unpaired) electrons. The van der Waals surface area contributed by atoms with Crippen LogP contribution < -0.4 is 4.90 Å². The molecule has 1 saturated heterocycles. The van der Waals surface area contributed by atoms with Crippen LogP contribution in [0, 0.1) is 6.92 Å². The van der Waals surface area contributed by atoms with E-state index in [4.69, 9.17) is 9.47 Å². The summed E-state index contributed by atoms with van der Waals surface area (Å²) >= 11 is 3.35. The van der Waals surface area contributed by atoms with E-state index in [1.54, 1.807) is 19.2 Å². The van der Waals surface area contributed by atoms with E-state index in [-0.39, 0.29) is 24.2 Å². The molecule has 0 aliphatic carbocycles. The summed E-state index contributed by atoms with van der Waals surface area (Å²) in [6.45, 7) is 3.68. The molecule has 0 unspecified atom stereocenters. The summed E-state index contributed by atoms with van der Waals surface area (Å²) < 4.78 is 39.0. The van der Waals surface area contributed by atoms with E-state index in [9.17, 15) is 8.42 Å². The second-order valence-electron chi connectivity index (χ2n) is 6.95. The van der Waals surface area contributed by atoms with Crippen LogP contribution in [-0.4, -0.2) is 69.3 Å². The molecule has 2 aromatic heterocycles. The van der Waals surface area contributed by atoms with Crippen molar-refractivity contribution in [1.82, 2.24) is 14.3 Å². The molecule has 2 aromatic rings. The molecule has 1 aliphatic heterocycles. The van der Waals surface area contributed by atoms with Gasteiger partial charge in [-0.05, 0) is 46.6 Å². The molecule has 8 nitrogen and oxygen atoms in total. The zero-order valence-corrected chi connectivity index (χ0v) is 19.1. The van der Waals surface area contributed by atoms with E-state index in [1.807, 2.05) is 37.2 Å². The van der Waals surface area contributed by atoms with Gasteiger partial charge in [0, 0.05) is 33.4 Å². The summed E-state index contributed by atoms with van der Waals surface area (Å²) in [6, 6.07) is 7.44. The molecular weight excluding hydrogens is 460 g/mol. The van der Waals surface area contributed by atoms with Crippen LogP contribution >= 0.6 is 15.9 Å². The van der Waals surface area contributed by atoms with E-state index in [2.05, 4.69) is 25.9 Å². The number of morpholine rings is 1. The van der Waals surface area contributed by atoms with Crippen molar-refractivity contribution in [3.05, 3.63) is 46.2 Å². The van der Waals surface area contributed by atoms with Crippen LogP contribution in [0.2, 0.25) is 0 Å². The number of aromatic nitrogens is 2. The average molecular weight is 485 g/mol. The predicted molar refractivity (Wildman–Crippen MR) is 113 cm³/mol. The fraction of sp³-hybridized carbons (Fsp3) is 0.474. The fourth-order valence-corrected chi connectivity index (χ4v) is 5.32. The topological polar surface area (TPSA) is 84.9 Å². The molecule has 3 heterocycles. The molecule has 3 rings (SSSR count). The lowest BCUT2D eigenvalue weighted by Gasteiger charge is -2.31. The number of anilines is 1. The van der Waals surface area contributed by atoms with Crippen molar-refractivity contribution < 1.29 is 17.9 Å². The van der Waals surface area contributed by atoms with Gasteiger partial charge < -0.3 is 14.4 Å². The van der Waals surface area contributed by atoms with Crippen molar-refractivity contribution in [2.75, 3.05) is 45.4 Å². The normalized spacial score (nSPS) is 18.0. The first-order valence-electron chi connectivity index (χ1n) is 9.21. The Hall–Kier alpha value is -1.59. The Morgan fingerprint density at radius 2 is 2.14 bits per heavy atom. The molecule has 0 amide bonds. The van der Waals surface area contributed by atoms with Crippen molar-refractivity contribution in [1.29, 1.82) is 0 Å².